The van der Waals surface area contributed by atoms with Crippen molar-refractivity contribution in [3.8, 4) is 0 Å². The number of carbonyl (C=O) groups excluding carboxylic acids is 2. The van der Waals surface area contributed by atoms with E-state index >= 15 is 0 Å². The highest BCUT2D eigenvalue weighted by Crippen LogP contribution is 2.45. The van der Waals surface area contributed by atoms with Gasteiger partial charge in [-0.15, -0.1) is 0 Å². The topological polar surface area (TPSA) is 62.2 Å². The molecule has 3 aliphatic heterocycles. The number of aliphatic imine (C=N–C) groups is 1. The monoisotopic (exact) mass is 501 g/mol. The summed E-state index contributed by atoms with van der Waals surface area (Å²) in [6, 6.07) is 15.5. The number of hydrogen-bond acceptors (Lipinski definition) is 6. The van der Waals surface area contributed by atoms with E-state index in [-0.39, 0.29) is 18.5 Å². The van der Waals surface area contributed by atoms with Gasteiger partial charge in [0, 0.05) is 18.8 Å². The lowest BCUT2D eigenvalue weighted by molar-refractivity contribution is -0.141. The van der Waals surface area contributed by atoms with Crippen LogP contribution in [0.4, 0.5) is 0 Å². The highest BCUT2D eigenvalue weighted by Gasteiger charge is 2.42. The smallest absolute Gasteiger partial charge is 0.338 e. The molecular formula is C29H31N3O3S. The lowest BCUT2D eigenvalue weighted by atomic mass is 9.90. The molecule has 2 aromatic carbocycles. The van der Waals surface area contributed by atoms with Crippen LogP contribution in [-0.4, -0.2) is 39.9 Å². The summed E-state index contributed by atoms with van der Waals surface area (Å²) < 4.78 is 5.81. The van der Waals surface area contributed by atoms with Gasteiger partial charge < -0.3 is 14.5 Å². The number of benzene rings is 2. The zero-order chi connectivity index (χ0) is 25.2. The van der Waals surface area contributed by atoms with Crippen LogP contribution in [0.5, 0.6) is 0 Å². The van der Waals surface area contributed by atoms with Crippen molar-refractivity contribution in [2.75, 3.05) is 13.1 Å². The van der Waals surface area contributed by atoms with Crippen LogP contribution in [0.25, 0.3) is 0 Å². The molecule has 0 aromatic heterocycles. The fraction of sp³-hybridized carbons (Fsp3) is 0.345. The summed E-state index contributed by atoms with van der Waals surface area (Å²) >= 11 is 1.51. The molecule has 1 atom stereocenters. The second-order valence-corrected chi connectivity index (χ2v) is 10.4. The summed E-state index contributed by atoms with van der Waals surface area (Å²) in [7, 11) is 0. The van der Waals surface area contributed by atoms with E-state index in [2.05, 4.69) is 36.9 Å². The Labute approximate surface area is 216 Å². The quantitative estimate of drug-likeness (QED) is 0.480. The number of amides is 1. The normalized spacial score (nSPS) is 19.2. The molecule has 7 heteroatoms. The number of aryl methyl sites for hydroxylation is 2. The third-order valence-electron chi connectivity index (χ3n) is 6.94. The van der Waals surface area contributed by atoms with Gasteiger partial charge in [-0.3, -0.25) is 4.79 Å². The molecule has 0 unspecified atom stereocenters. The average molecular weight is 502 g/mol. The summed E-state index contributed by atoms with van der Waals surface area (Å²) in [4.78, 5) is 35.5. The molecule has 2 aromatic rings. The maximum absolute atomic E-state index is 13.6. The predicted octanol–water partition coefficient (Wildman–Crippen LogP) is 5.63. The van der Waals surface area contributed by atoms with Crippen molar-refractivity contribution in [3.05, 3.63) is 93.2 Å². The second kappa shape index (κ2) is 10.3. The first-order valence-electron chi connectivity index (χ1n) is 12.4. The Bertz CT molecular complexity index is 1280. The molecule has 3 aliphatic rings. The number of fused-ring (bicyclic) bond motifs is 1. The highest BCUT2D eigenvalue weighted by molar-refractivity contribution is 8.16. The third-order valence-corrected chi connectivity index (χ3v) is 7.83. The zero-order valence-electron chi connectivity index (χ0n) is 21.0. The van der Waals surface area contributed by atoms with Gasteiger partial charge in [-0.25, -0.2) is 9.79 Å². The van der Waals surface area contributed by atoms with Crippen molar-refractivity contribution in [2.24, 2.45) is 4.99 Å². The second-order valence-electron chi connectivity index (χ2n) is 9.58. The lowest BCUT2D eigenvalue weighted by Gasteiger charge is -2.37. The van der Waals surface area contributed by atoms with Crippen molar-refractivity contribution < 1.29 is 14.3 Å². The maximum atomic E-state index is 13.6. The number of amidine groups is 1. The van der Waals surface area contributed by atoms with Crippen LogP contribution in [0.15, 0.2) is 75.9 Å². The Morgan fingerprint density at radius 2 is 1.81 bits per heavy atom. The minimum absolute atomic E-state index is 0.124. The number of esters is 1. The molecule has 5 rings (SSSR count). The van der Waals surface area contributed by atoms with Gasteiger partial charge in [-0.2, -0.15) is 0 Å². The van der Waals surface area contributed by atoms with E-state index in [4.69, 9.17) is 9.73 Å². The number of allylic oxidation sites excluding steroid dienone is 1. The maximum Gasteiger partial charge on any atom is 0.338 e. The predicted molar refractivity (Wildman–Crippen MR) is 143 cm³/mol. The number of thioether (sulfide) groups is 1. The lowest BCUT2D eigenvalue weighted by Crippen LogP contribution is -2.38. The molecule has 1 fully saturated rings. The van der Waals surface area contributed by atoms with Gasteiger partial charge in [0.25, 0.3) is 0 Å². The fourth-order valence-corrected chi connectivity index (χ4v) is 6.06. The van der Waals surface area contributed by atoms with Gasteiger partial charge in [-0.1, -0.05) is 65.9 Å². The van der Waals surface area contributed by atoms with Crippen LogP contribution in [0.1, 0.15) is 54.5 Å². The summed E-state index contributed by atoms with van der Waals surface area (Å²) in [6.45, 7) is 7.82. The Morgan fingerprint density at radius 1 is 1.06 bits per heavy atom. The Kier molecular flexibility index (Phi) is 7.01. The van der Waals surface area contributed by atoms with E-state index in [1.807, 2.05) is 47.6 Å². The van der Waals surface area contributed by atoms with Crippen molar-refractivity contribution in [1.29, 1.82) is 0 Å². The number of likely N-dealkylation sites (tertiary alicyclic amines) is 1. The molecule has 3 heterocycles. The summed E-state index contributed by atoms with van der Waals surface area (Å²) in [6.07, 6.45) is 2.40. The van der Waals surface area contributed by atoms with Crippen LogP contribution < -0.4 is 0 Å². The van der Waals surface area contributed by atoms with E-state index in [0.29, 0.717) is 17.7 Å². The average Bonchev–Trinajstić information content (AvgIpc) is 3.53. The molecule has 36 heavy (non-hydrogen) atoms. The molecule has 0 aliphatic carbocycles. The SMILES string of the molecule is CC1=C(C(=O)OCc2ccccc2)[C@@H](c2ccc(C)cc2C)N2C(CC(=O)N3CCCC3)=CSC2=N1. The van der Waals surface area contributed by atoms with Gasteiger partial charge in [-0.05, 0) is 55.7 Å². The number of rotatable bonds is 6. The zero-order valence-corrected chi connectivity index (χ0v) is 21.8. The number of carbonyl (C=O) groups is 2. The molecule has 0 N–H and O–H groups in total. The van der Waals surface area contributed by atoms with Gasteiger partial charge in [0.05, 0.1) is 23.7 Å². The molecule has 6 nitrogen and oxygen atoms in total. The Morgan fingerprint density at radius 3 is 2.53 bits per heavy atom. The molecule has 0 saturated carbocycles. The molecule has 186 valence electrons. The molecule has 0 bridgehead atoms. The van der Waals surface area contributed by atoms with E-state index in [1.165, 1.54) is 11.8 Å². The van der Waals surface area contributed by atoms with Crippen molar-refractivity contribution >= 4 is 28.8 Å². The summed E-state index contributed by atoms with van der Waals surface area (Å²) in [5.41, 5.74) is 6.24. The molecule has 0 radical (unpaired) electrons. The van der Waals surface area contributed by atoms with Crippen molar-refractivity contribution in [2.45, 2.75) is 52.7 Å². The van der Waals surface area contributed by atoms with Crippen LogP contribution in [0, 0.1) is 13.8 Å². The van der Waals surface area contributed by atoms with Crippen LogP contribution >= 0.6 is 11.8 Å². The minimum atomic E-state index is -0.408. The molecular weight excluding hydrogens is 470 g/mol. The number of nitrogens with zero attached hydrogens (tertiary/aromatic N) is 3. The van der Waals surface area contributed by atoms with Gasteiger partial charge in [0.15, 0.2) is 5.17 Å². The standard InChI is InChI=1S/C29H31N3O3S/c1-19-11-12-24(20(2)15-19)27-26(28(34)35-17-22-9-5-4-6-10-22)21(3)30-29-32(27)23(18-36-29)16-25(33)31-13-7-8-14-31/h4-6,9-12,15,18,27H,7-8,13-14,16-17H2,1-3H3/t27-/m1/s1. The van der Waals surface area contributed by atoms with E-state index < -0.39 is 6.04 Å². The largest absolute Gasteiger partial charge is 0.457 e. The highest BCUT2D eigenvalue weighted by atomic mass is 32.2. The van der Waals surface area contributed by atoms with Crippen LogP contribution in [-0.2, 0) is 20.9 Å². The summed E-state index contributed by atoms with van der Waals surface area (Å²) in [5.74, 6) is -0.259. The molecule has 0 spiro atoms. The first-order chi connectivity index (χ1) is 17.4. The molecule has 1 saturated heterocycles. The first-order valence-corrected chi connectivity index (χ1v) is 13.3. The van der Waals surface area contributed by atoms with Crippen molar-refractivity contribution in [1.82, 2.24) is 9.80 Å². The fourth-order valence-electron chi connectivity index (χ4n) is 5.09. The Balaban J connectivity index is 1.49. The van der Waals surface area contributed by atoms with Crippen LogP contribution in [0.3, 0.4) is 0 Å². The van der Waals surface area contributed by atoms with Gasteiger partial charge >= 0.3 is 5.97 Å². The van der Waals surface area contributed by atoms with Gasteiger partial charge in [0.1, 0.15) is 6.61 Å². The minimum Gasteiger partial charge on any atom is -0.457 e. The number of ether oxygens (including phenoxy) is 1. The van der Waals surface area contributed by atoms with E-state index in [0.717, 1.165) is 59.0 Å². The first kappa shape index (κ1) is 24.4. The van der Waals surface area contributed by atoms with Crippen LogP contribution in [0.2, 0.25) is 0 Å². The van der Waals surface area contributed by atoms with Crippen molar-refractivity contribution in [3.63, 3.8) is 0 Å². The summed E-state index contributed by atoms with van der Waals surface area (Å²) in [5, 5.41) is 2.80. The number of hydrogen-bond donors (Lipinski definition) is 0. The van der Waals surface area contributed by atoms with E-state index in [9.17, 15) is 9.59 Å². The Hall–Kier alpha value is -3.32. The molecule has 1 amide bonds. The van der Waals surface area contributed by atoms with E-state index in [1.54, 1.807) is 0 Å². The van der Waals surface area contributed by atoms with Gasteiger partial charge in [0.2, 0.25) is 5.91 Å². The third kappa shape index (κ3) is 4.85.